The van der Waals surface area contributed by atoms with Crippen molar-refractivity contribution < 1.29 is 8.82 Å². The molecule has 0 radical (unpaired) electrons. The van der Waals surface area contributed by atoms with Gasteiger partial charge in [-0.1, -0.05) is 41.5 Å². The molecular weight excluding hydrogens is 371 g/mol. The van der Waals surface area contributed by atoms with E-state index in [-0.39, 0.29) is 11.4 Å². The Kier molecular flexibility index (Phi) is 5.88. The first-order valence-electron chi connectivity index (χ1n) is 10.5. The van der Waals surface area contributed by atoms with Crippen LogP contribution in [0.1, 0.15) is 61.3 Å². The molecule has 0 N–H and O–H groups in total. The van der Waals surface area contributed by atoms with Crippen molar-refractivity contribution in [1.82, 2.24) is 14.6 Å². The van der Waals surface area contributed by atoms with E-state index in [1.54, 1.807) is 10.5 Å². The molecule has 3 heterocycles. The lowest BCUT2D eigenvalue weighted by atomic mass is 9.94. The summed E-state index contributed by atoms with van der Waals surface area (Å²) in [6, 6.07) is 3.08. The van der Waals surface area contributed by atoms with Gasteiger partial charge in [0.05, 0.1) is 5.60 Å². The number of rotatable bonds is 6. The lowest BCUT2D eigenvalue weighted by molar-refractivity contribution is 0.0423. The van der Waals surface area contributed by atoms with E-state index in [2.05, 4.69) is 63.6 Å². The molecule has 1 fully saturated rings. The average Bonchev–Trinajstić information content (AvgIpc) is 3.02. The first-order valence-corrected chi connectivity index (χ1v) is 12.7. The fourth-order valence-electron chi connectivity index (χ4n) is 5.13. The summed E-state index contributed by atoms with van der Waals surface area (Å²) in [6.07, 6.45) is 3.35. The highest BCUT2D eigenvalue weighted by molar-refractivity contribution is 6.77. The van der Waals surface area contributed by atoms with Crippen molar-refractivity contribution in [3.8, 4) is 0 Å². The molecule has 7 heteroatoms. The molecule has 0 bridgehead atoms. The van der Waals surface area contributed by atoms with E-state index in [4.69, 9.17) is 4.43 Å². The Labute approximate surface area is 169 Å². The molecular formula is C21H35FN4OSi. The number of fused-ring (bicyclic) bond motifs is 1. The average molecular weight is 407 g/mol. The summed E-state index contributed by atoms with van der Waals surface area (Å²) in [5.41, 5.74) is 2.28. The van der Waals surface area contributed by atoms with E-state index in [0.29, 0.717) is 22.3 Å². The number of hydrogen-bond donors (Lipinski definition) is 0. The Balaban J connectivity index is 1.78. The minimum Gasteiger partial charge on any atom is -0.411 e. The number of halogens is 1. The summed E-state index contributed by atoms with van der Waals surface area (Å²) in [5.74, 6) is 0.442. The standard InChI is InChI=1S/C21H35FN4OSi/c1-15(2)28(16(3)4,17(5)6)27-21(7)10-12-25(13-11-21)20-24-23-19-9-8-18(22)14-26(19)20/h8-9,14-17H,10-13H2,1-7H3. The lowest BCUT2D eigenvalue weighted by Crippen LogP contribution is -2.56. The molecule has 0 atom stereocenters. The highest BCUT2D eigenvalue weighted by Gasteiger charge is 2.50. The van der Waals surface area contributed by atoms with Gasteiger partial charge in [0.1, 0.15) is 5.82 Å². The first kappa shape index (κ1) is 21.2. The van der Waals surface area contributed by atoms with Crippen molar-refractivity contribution in [3.63, 3.8) is 0 Å². The number of pyridine rings is 1. The van der Waals surface area contributed by atoms with Crippen LogP contribution in [0.4, 0.5) is 10.3 Å². The van der Waals surface area contributed by atoms with E-state index in [1.807, 2.05) is 0 Å². The van der Waals surface area contributed by atoms with Crippen LogP contribution in [0.25, 0.3) is 5.65 Å². The zero-order chi connectivity index (χ0) is 20.7. The highest BCUT2D eigenvalue weighted by Crippen LogP contribution is 2.46. The monoisotopic (exact) mass is 406 g/mol. The first-order chi connectivity index (χ1) is 13.1. The van der Waals surface area contributed by atoms with E-state index >= 15 is 0 Å². The lowest BCUT2D eigenvalue weighted by Gasteiger charge is -2.50. The predicted octanol–water partition coefficient (Wildman–Crippen LogP) is 5.42. The number of piperidine rings is 1. The van der Waals surface area contributed by atoms with Gasteiger partial charge in [0, 0.05) is 19.3 Å². The highest BCUT2D eigenvalue weighted by atomic mass is 28.4. The van der Waals surface area contributed by atoms with Crippen molar-refractivity contribution in [2.24, 2.45) is 0 Å². The molecule has 0 saturated carbocycles. The van der Waals surface area contributed by atoms with E-state index in [9.17, 15) is 4.39 Å². The Morgan fingerprint density at radius 2 is 1.57 bits per heavy atom. The van der Waals surface area contributed by atoms with Gasteiger partial charge in [0.2, 0.25) is 14.3 Å². The van der Waals surface area contributed by atoms with E-state index in [1.165, 1.54) is 12.3 Å². The van der Waals surface area contributed by atoms with Crippen molar-refractivity contribution >= 4 is 19.9 Å². The maximum absolute atomic E-state index is 13.7. The normalized spacial score (nSPS) is 18.0. The van der Waals surface area contributed by atoms with E-state index < -0.39 is 8.32 Å². The molecule has 28 heavy (non-hydrogen) atoms. The fraction of sp³-hybridized carbons (Fsp3) is 0.714. The maximum Gasteiger partial charge on any atom is 0.231 e. The zero-order valence-corrected chi connectivity index (χ0v) is 19.4. The van der Waals surface area contributed by atoms with Crippen molar-refractivity contribution in [2.75, 3.05) is 18.0 Å². The van der Waals surface area contributed by atoms with Crippen LogP contribution >= 0.6 is 0 Å². The summed E-state index contributed by atoms with van der Waals surface area (Å²) in [6.45, 7) is 18.0. The second-order valence-electron chi connectivity index (χ2n) is 9.43. The van der Waals surface area contributed by atoms with Crippen LogP contribution < -0.4 is 4.90 Å². The van der Waals surface area contributed by atoms with Crippen LogP contribution in [-0.4, -0.2) is 41.6 Å². The smallest absolute Gasteiger partial charge is 0.231 e. The predicted molar refractivity (Wildman–Crippen MR) is 115 cm³/mol. The van der Waals surface area contributed by atoms with Gasteiger partial charge in [-0.2, -0.15) is 0 Å². The molecule has 5 nitrogen and oxygen atoms in total. The van der Waals surface area contributed by atoms with Gasteiger partial charge in [0.15, 0.2) is 5.65 Å². The summed E-state index contributed by atoms with van der Waals surface area (Å²) < 4.78 is 22.6. The Bertz CT molecular complexity index is 790. The fourth-order valence-corrected chi connectivity index (χ4v) is 10.9. The number of anilines is 1. The van der Waals surface area contributed by atoms with Crippen LogP contribution in [0.15, 0.2) is 18.3 Å². The largest absolute Gasteiger partial charge is 0.411 e. The topological polar surface area (TPSA) is 42.7 Å². The number of nitrogens with zero attached hydrogens (tertiary/aromatic N) is 4. The molecule has 1 saturated heterocycles. The molecule has 1 aliphatic heterocycles. The number of aromatic nitrogens is 3. The van der Waals surface area contributed by atoms with Crippen molar-refractivity contribution in [2.45, 2.75) is 83.5 Å². The van der Waals surface area contributed by atoms with Gasteiger partial charge >= 0.3 is 0 Å². The van der Waals surface area contributed by atoms with Gasteiger partial charge in [-0.25, -0.2) is 4.39 Å². The van der Waals surface area contributed by atoms with Crippen LogP contribution in [-0.2, 0) is 4.43 Å². The molecule has 3 rings (SSSR count). The Hall–Kier alpha value is -1.47. The molecule has 0 spiro atoms. The van der Waals surface area contributed by atoms with Crippen molar-refractivity contribution in [1.29, 1.82) is 0 Å². The van der Waals surface area contributed by atoms with Gasteiger partial charge in [0.25, 0.3) is 0 Å². The molecule has 0 amide bonds. The van der Waals surface area contributed by atoms with Crippen LogP contribution in [0.2, 0.25) is 16.6 Å². The van der Waals surface area contributed by atoms with Gasteiger partial charge in [-0.3, -0.25) is 4.40 Å². The third kappa shape index (κ3) is 3.71. The Morgan fingerprint density at radius 1 is 1.00 bits per heavy atom. The summed E-state index contributed by atoms with van der Waals surface area (Å²) >= 11 is 0. The molecule has 0 unspecified atom stereocenters. The van der Waals surface area contributed by atoms with Crippen LogP contribution in [0.3, 0.4) is 0 Å². The number of hydrogen-bond acceptors (Lipinski definition) is 4. The zero-order valence-electron chi connectivity index (χ0n) is 18.4. The second kappa shape index (κ2) is 7.75. The van der Waals surface area contributed by atoms with Crippen LogP contribution in [0, 0.1) is 5.82 Å². The summed E-state index contributed by atoms with van der Waals surface area (Å²) in [4.78, 5) is 2.20. The second-order valence-corrected chi connectivity index (χ2v) is 14.8. The Morgan fingerprint density at radius 3 is 2.11 bits per heavy atom. The third-order valence-corrected chi connectivity index (χ3v) is 12.8. The van der Waals surface area contributed by atoms with E-state index in [0.717, 1.165) is 31.9 Å². The molecule has 0 aromatic carbocycles. The third-order valence-electron chi connectivity index (χ3n) is 6.58. The van der Waals surface area contributed by atoms with Crippen LogP contribution in [0.5, 0.6) is 0 Å². The molecule has 0 aliphatic carbocycles. The molecule has 2 aromatic rings. The molecule has 1 aliphatic rings. The minimum absolute atomic E-state index is 0.118. The van der Waals surface area contributed by atoms with Crippen molar-refractivity contribution in [3.05, 3.63) is 24.1 Å². The van der Waals surface area contributed by atoms with Gasteiger partial charge in [-0.15, -0.1) is 10.2 Å². The van der Waals surface area contributed by atoms with Gasteiger partial charge < -0.3 is 9.33 Å². The SMILES string of the molecule is CC(C)[Si](OC1(C)CCN(c2nnc3ccc(F)cn23)CC1)(C(C)C)C(C)C. The molecule has 156 valence electrons. The summed E-state index contributed by atoms with van der Waals surface area (Å²) in [7, 11) is -1.93. The minimum atomic E-state index is -1.93. The molecule has 2 aromatic heterocycles. The quantitative estimate of drug-likeness (QED) is 0.601. The maximum atomic E-state index is 13.7. The van der Waals surface area contributed by atoms with Gasteiger partial charge in [-0.05, 0) is 48.5 Å². The summed E-state index contributed by atoms with van der Waals surface area (Å²) in [5, 5.41) is 8.49.